The Labute approximate surface area is 122 Å². The highest BCUT2D eigenvalue weighted by atomic mass is 16.5. The Kier molecular flexibility index (Phi) is 4.37. The number of morpholine rings is 1. The highest BCUT2D eigenvalue weighted by Gasteiger charge is 2.42. The van der Waals surface area contributed by atoms with Crippen molar-refractivity contribution >= 4 is 0 Å². The van der Waals surface area contributed by atoms with Crippen LogP contribution in [0.3, 0.4) is 0 Å². The summed E-state index contributed by atoms with van der Waals surface area (Å²) in [4.78, 5) is 2.61. The zero-order chi connectivity index (χ0) is 14.2. The second-order valence-electron chi connectivity index (χ2n) is 7.32. The van der Waals surface area contributed by atoms with Gasteiger partial charge < -0.3 is 15.2 Å². The lowest BCUT2D eigenvalue weighted by atomic mass is 9.78. The number of aliphatic hydroxyl groups is 1. The predicted octanol–water partition coefficient (Wildman–Crippen LogP) is 1.52. The van der Waals surface area contributed by atoms with Gasteiger partial charge in [0.1, 0.15) is 0 Å². The minimum atomic E-state index is -0.0190. The standard InChI is InChI=1S/C16H30N2O2/c1-12-9-18(10-13(2)20-12)15-4-3-7-16(8-15,11-19)17-14-5-6-14/h12-15,17,19H,3-11H2,1-2H3/t12-,13+,15?,16?. The summed E-state index contributed by atoms with van der Waals surface area (Å²) in [7, 11) is 0. The summed E-state index contributed by atoms with van der Waals surface area (Å²) in [5.74, 6) is 0. The number of nitrogens with zero attached hydrogens (tertiary/aromatic N) is 1. The molecule has 3 fully saturated rings. The van der Waals surface area contributed by atoms with E-state index >= 15 is 0 Å². The Morgan fingerprint density at radius 3 is 2.50 bits per heavy atom. The molecule has 3 aliphatic rings. The third-order valence-corrected chi connectivity index (χ3v) is 5.17. The molecule has 4 atom stereocenters. The highest BCUT2D eigenvalue weighted by Crippen LogP contribution is 2.35. The van der Waals surface area contributed by atoms with Crippen LogP contribution in [0.2, 0.25) is 0 Å². The Balaban J connectivity index is 1.64. The molecular weight excluding hydrogens is 252 g/mol. The second-order valence-corrected chi connectivity index (χ2v) is 7.32. The maximum absolute atomic E-state index is 9.93. The van der Waals surface area contributed by atoms with Crippen molar-refractivity contribution in [2.24, 2.45) is 0 Å². The summed E-state index contributed by atoms with van der Waals surface area (Å²) >= 11 is 0. The molecule has 0 bridgehead atoms. The van der Waals surface area contributed by atoms with Gasteiger partial charge in [-0.2, -0.15) is 0 Å². The van der Waals surface area contributed by atoms with E-state index in [-0.39, 0.29) is 12.1 Å². The number of hydrogen-bond donors (Lipinski definition) is 2. The molecule has 0 aromatic heterocycles. The first-order chi connectivity index (χ1) is 9.60. The molecule has 2 N–H and O–H groups in total. The number of hydrogen-bond acceptors (Lipinski definition) is 4. The van der Waals surface area contributed by atoms with Crippen LogP contribution < -0.4 is 5.32 Å². The fourth-order valence-corrected chi connectivity index (χ4v) is 4.14. The van der Waals surface area contributed by atoms with Crippen LogP contribution >= 0.6 is 0 Å². The molecule has 4 nitrogen and oxygen atoms in total. The molecular formula is C16H30N2O2. The van der Waals surface area contributed by atoms with Gasteiger partial charge in [-0.15, -0.1) is 0 Å². The van der Waals surface area contributed by atoms with E-state index in [2.05, 4.69) is 24.1 Å². The average Bonchev–Trinajstić information content (AvgIpc) is 3.22. The van der Waals surface area contributed by atoms with Crippen molar-refractivity contribution in [3.8, 4) is 0 Å². The molecule has 0 amide bonds. The van der Waals surface area contributed by atoms with E-state index in [0.717, 1.165) is 25.9 Å². The van der Waals surface area contributed by atoms with Gasteiger partial charge in [-0.05, 0) is 52.4 Å². The number of rotatable bonds is 4. The smallest absolute Gasteiger partial charge is 0.0678 e. The van der Waals surface area contributed by atoms with Crippen LogP contribution in [0.5, 0.6) is 0 Å². The summed E-state index contributed by atoms with van der Waals surface area (Å²) in [5, 5.41) is 13.7. The molecule has 3 rings (SSSR count). The average molecular weight is 282 g/mol. The minimum absolute atomic E-state index is 0.0190. The van der Waals surface area contributed by atoms with E-state index in [4.69, 9.17) is 4.74 Å². The van der Waals surface area contributed by atoms with Crippen molar-refractivity contribution in [3.63, 3.8) is 0 Å². The summed E-state index contributed by atoms with van der Waals surface area (Å²) in [5.41, 5.74) is -0.0190. The van der Waals surface area contributed by atoms with Gasteiger partial charge in [0.2, 0.25) is 0 Å². The van der Waals surface area contributed by atoms with Gasteiger partial charge in [0.15, 0.2) is 0 Å². The third kappa shape index (κ3) is 3.35. The van der Waals surface area contributed by atoms with Gasteiger partial charge in [0.25, 0.3) is 0 Å². The topological polar surface area (TPSA) is 44.7 Å². The number of aliphatic hydroxyl groups excluding tert-OH is 1. The van der Waals surface area contributed by atoms with Crippen molar-refractivity contribution in [2.75, 3.05) is 19.7 Å². The molecule has 0 aromatic carbocycles. The lowest BCUT2D eigenvalue weighted by molar-refractivity contribution is -0.0899. The lowest BCUT2D eigenvalue weighted by Crippen LogP contribution is -2.59. The Bertz CT molecular complexity index is 324. The highest BCUT2D eigenvalue weighted by molar-refractivity contribution is 5.01. The van der Waals surface area contributed by atoms with Crippen molar-refractivity contribution < 1.29 is 9.84 Å². The van der Waals surface area contributed by atoms with Crippen LogP contribution in [0, 0.1) is 0 Å². The fraction of sp³-hybridized carbons (Fsp3) is 1.00. The van der Waals surface area contributed by atoms with E-state index in [9.17, 15) is 5.11 Å². The normalized spacial score (nSPS) is 43.6. The van der Waals surface area contributed by atoms with Crippen molar-refractivity contribution in [1.29, 1.82) is 0 Å². The summed E-state index contributed by atoms with van der Waals surface area (Å²) < 4.78 is 5.85. The van der Waals surface area contributed by atoms with Gasteiger partial charge in [0.05, 0.1) is 18.8 Å². The minimum Gasteiger partial charge on any atom is -0.394 e. The maximum atomic E-state index is 9.93. The summed E-state index contributed by atoms with van der Waals surface area (Å²) in [6, 6.07) is 1.28. The summed E-state index contributed by atoms with van der Waals surface area (Å²) in [6.45, 7) is 6.72. The van der Waals surface area contributed by atoms with Crippen molar-refractivity contribution in [2.45, 2.75) is 82.2 Å². The quantitative estimate of drug-likeness (QED) is 0.821. The largest absolute Gasteiger partial charge is 0.394 e. The first-order valence-corrected chi connectivity index (χ1v) is 8.38. The van der Waals surface area contributed by atoms with E-state index in [1.807, 2.05) is 0 Å². The number of nitrogens with one attached hydrogen (secondary N) is 1. The van der Waals surface area contributed by atoms with Gasteiger partial charge in [0, 0.05) is 30.7 Å². The van der Waals surface area contributed by atoms with Gasteiger partial charge in [-0.25, -0.2) is 0 Å². The molecule has 0 spiro atoms. The molecule has 1 aliphatic heterocycles. The molecule has 2 unspecified atom stereocenters. The zero-order valence-corrected chi connectivity index (χ0v) is 13.0. The zero-order valence-electron chi connectivity index (χ0n) is 13.0. The Morgan fingerprint density at radius 2 is 1.90 bits per heavy atom. The molecule has 0 radical (unpaired) electrons. The molecule has 1 saturated heterocycles. The number of ether oxygens (including phenoxy) is 1. The molecule has 4 heteroatoms. The molecule has 0 aromatic rings. The van der Waals surface area contributed by atoms with Crippen molar-refractivity contribution in [3.05, 3.63) is 0 Å². The molecule has 2 saturated carbocycles. The Hall–Kier alpha value is -0.160. The van der Waals surface area contributed by atoms with Gasteiger partial charge in [-0.3, -0.25) is 4.90 Å². The monoisotopic (exact) mass is 282 g/mol. The van der Waals surface area contributed by atoms with Gasteiger partial charge in [-0.1, -0.05) is 0 Å². The van der Waals surface area contributed by atoms with Crippen molar-refractivity contribution in [1.82, 2.24) is 10.2 Å². The second kappa shape index (κ2) is 5.91. The van der Waals surface area contributed by atoms with Gasteiger partial charge >= 0.3 is 0 Å². The van der Waals surface area contributed by atoms with Crippen LogP contribution in [0.1, 0.15) is 52.4 Å². The Morgan fingerprint density at radius 1 is 1.20 bits per heavy atom. The van der Waals surface area contributed by atoms with Crippen LogP contribution in [-0.4, -0.2) is 59.5 Å². The predicted molar refractivity (Wildman–Crippen MR) is 79.8 cm³/mol. The van der Waals surface area contributed by atoms with Crippen LogP contribution in [0.25, 0.3) is 0 Å². The maximum Gasteiger partial charge on any atom is 0.0678 e. The molecule has 116 valence electrons. The van der Waals surface area contributed by atoms with Crippen LogP contribution in [-0.2, 0) is 4.74 Å². The van der Waals surface area contributed by atoms with E-state index in [1.165, 1.54) is 25.7 Å². The first kappa shape index (κ1) is 14.8. The third-order valence-electron chi connectivity index (χ3n) is 5.17. The molecule has 2 aliphatic carbocycles. The fourth-order valence-electron chi connectivity index (χ4n) is 4.14. The SMILES string of the molecule is C[C@@H]1CN(C2CCCC(CO)(NC3CC3)C2)C[C@H](C)O1. The first-order valence-electron chi connectivity index (χ1n) is 8.38. The van der Waals surface area contributed by atoms with E-state index in [0.29, 0.717) is 24.3 Å². The van der Waals surface area contributed by atoms with Crippen LogP contribution in [0.4, 0.5) is 0 Å². The summed E-state index contributed by atoms with van der Waals surface area (Å²) in [6.07, 6.45) is 7.97. The van der Waals surface area contributed by atoms with E-state index < -0.39 is 0 Å². The van der Waals surface area contributed by atoms with E-state index in [1.54, 1.807) is 0 Å². The molecule has 1 heterocycles. The molecule has 20 heavy (non-hydrogen) atoms. The van der Waals surface area contributed by atoms with Crippen LogP contribution in [0.15, 0.2) is 0 Å². The lowest BCUT2D eigenvalue weighted by Gasteiger charge is -2.47.